The first-order chi connectivity index (χ1) is 9.09. The van der Waals surface area contributed by atoms with Crippen molar-refractivity contribution >= 4 is 33.5 Å². The molecule has 0 spiro atoms. The van der Waals surface area contributed by atoms with Gasteiger partial charge in [0.1, 0.15) is 5.52 Å². The number of benzene rings is 1. The maximum atomic E-state index is 12.5. The van der Waals surface area contributed by atoms with Crippen LogP contribution >= 0.6 is 12.4 Å². The normalized spacial score (nSPS) is 20.8. The summed E-state index contributed by atoms with van der Waals surface area (Å²) in [6, 6.07) is 6.93. The fourth-order valence-electron chi connectivity index (χ4n) is 2.24. The maximum absolute atomic E-state index is 12.5. The average Bonchev–Trinajstić information content (AvgIpc) is 2.83. The van der Waals surface area contributed by atoms with Gasteiger partial charge in [-0.15, -0.1) is 12.4 Å². The molecule has 0 saturated carbocycles. The molecule has 20 heavy (non-hydrogen) atoms. The highest BCUT2D eigenvalue weighted by Crippen LogP contribution is 2.23. The molecule has 1 unspecified atom stereocenters. The van der Waals surface area contributed by atoms with Crippen molar-refractivity contribution in [2.45, 2.75) is 18.2 Å². The van der Waals surface area contributed by atoms with Crippen molar-refractivity contribution in [1.29, 1.82) is 0 Å². The first-order valence-corrected chi connectivity index (χ1v) is 7.61. The number of fused-ring (bicyclic) bond motifs is 1. The number of hydrogen-bond donors (Lipinski definition) is 1. The van der Waals surface area contributed by atoms with Gasteiger partial charge in [-0.25, -0.2) is 8.42 Å². The molecule has 0 aliphatic carbocycles. The van der Waals surface area contributed by atoms with Crippen LogP contribution in [0.5, 0.6) is 0 Å². The van der Waals surface area contributed by atoms with Crippen LogP contribution in [-0.4, -0.2) is 43.4 Å². The van der Waals surface area contributed by atoms with Crippen LogP contribution in [0.4, 0.5) is 0 Å². The Hall–Kier alpha value is -1.15. The summed E-state index contributed by atoms with van der Waals surface area (Å²) in [6.45, 7) is 3.58. The first-order valence-electron chi connectivity index (χ1n) is 6.17. The van der Waals surface area contributed by atoms with E-state index in [1.807, 2.05) is 6.92 Å². The van der Waals surface area contributed by atoms with Gasteiger partial charge >= 0.3 is 5.22 Å². The van der Waals surface area contributed by atoms with Gasteiger partial charge in [0.15, 0.2) is 5.58 Å². The zero-order chi connectivity index (χ0) is 13.5. The summed E-state index contributed by atoms with van der Waals surface area (Å²) in [5.74, 6) is 0. The van der Waals surface area contributed by atoms with Crippen LogP contribution in [0.3, 0.4) is 0 Å². The zero-order valence-corrected chi connectivity index (χ0v) is 12.6. The third-order valence-electron chi connectivity index (χ3n) is 3.24. The van der Waals surface area contributed by atoms with Crippen molar-refractivity contribution in [3.8, 4) is 0 Å². The molecule has 2 aromatic rings. The van der Waals surface area contributed by atoms with E-state index in [1.54, 1.807) is 24.3 Å². The molecule has 0 amide bonds. The smallest absolute Gasteiger partial charge is 0.332 e. The number of nitrogens with zero attached hydrogens (tertiary/aromatic N) is 2. The Morgan fingerprint density at radius 2 is 2.15 bits per heavy atom. The van der Waals surface area contributed by atoms with Crippen LogP contribution in [0, 0.1) is 0 Å². The summed E-state index contributed by atoms with van der Waals surface area (Å²) in [6.07, 6.45) is 0. The number of oxazole rings is 1. The third-order valence-corrected chi connectivity index (χ3v) is 5.02. The molecular formula is C12H16ClN3O3S. The van der Waals surface area contributed by atoms with Gasteiger partial charge in [-0.2, -0.15) is 9.29 Å². The lowest BCUT2D eigenvalue weighted by Gasteiger charge is -2.31. The molecule has 1 aromatic heterocycles. The fourth-order valence-corrected chi connectivity index (χ4v) is 3.73. The Labute approximate surface area is 123 Å². The molecule has 1 fully saturated rings. The lowest BCUT2D eigenvalue weighted by molar-refractivity contribution is 0.275. The molecule has 8 heteroatoms. The molecule has 1 atom stereocenters. The van der Waals surface area contributed by atoms with Crippen LogP contribution in [0.25, 0.3) is 11.1 Å². The summed E-state index contributed by atoms with van der Waals surface area (Å²) < 4.78 is 31.8. The second-order valence-corrected chi connectivity index (χ2v) is 6.38. The van der Waals surface area contributed by atoms with E-state index in [4.69, 9.17) is 4.42 Å². The number of rotatable bonds is 2. The van der Waals surface area contributed by atoms with Crippen molar-refractivity contribution in [1.82, 2.24) is 14.6 Å². The molecule has 110 valence electrons. The molecule has 1 aliphatic rings. The number of halogens is 1. The predicted octanol–water partition coefficient (Wildman–Crippen LogP) is 1.23. The third kappa shape index (κ3) is 2.54. The Bertz CT molecular complexity index is 668. The number of para-hydroxylation sites is 2. The highest BCUT2D eigenvalue weighted by atomic mass is 35.5. The van der Waals surface area contributed by atoms with Gasteiger partial charge in [-0.1, -0.05) is 12.1 Å². The first kappa shape index (κ1) is 15.2. The molecule has 1 N–H and O–H groups in total. The lowest BCUT2D eigenvalue weighted by Crippen LogP contribution is -2.52. The molecule has 1 aliphatic heterocycles. The largest absolute Gasteiger partial charge is 0.427 e. The second-order valence-electron chi connectivity index (χ2n) is 4.62. The highest BCUT2D eigenvalue weighted by Gasteiger charge is 2.34. The molecule has 1 aromatic carbocycles. The van der Waals surface area contributed by atoms with Crippen LogP contribution in [0.15, 0.2) is 33.9 Å². The standard InChI is InChI=1S/C12H15N3O3S.ClH/c1-9-8-13-6-7-15(9)19(16,17)12-14-10-4-2-3-5-11(10)18-12;/h2-5,9,13H,6-8H2,1H3;1H. The lowest BCUT2D eigenvalue weighted by atomic mass is 10.3. The minimum Gasteiger partial charge on any atom is -0.427 e. The van der Waals surface area contributed by atoms with Gasteiger partial charge in [0, 0.05) is 25.7 Å². The van der Waals surface area contributed by atoms with Gasteiger partial charge in [0.25, 0.3) is 10.0 Å². The number of aromatic nitrogens is 1. The molecule has 2 heterocycles. The van der Waals surface area contributed by atoms with E-state index in [0.717, 1.165) is 0 Å². The molecule has 6 nitrogen and oxygen atoms in total. The van der Waals surface area contributed by atoms with E-state index >= 15 is 0 Å². The monoisotopic (exact) mass is 317 g/mol. The van der Waals surface area contributed by atoms with Crippen LogP contribution in [0.2, 0.25) is 0 Å². The summed E-state index contributed by atoms with van der Waals surface area (Å²) >= 11 is 0. The summed E-state index contributed by atoms with van der Waals surface area (Å²) in [5.41, 5.74) is 1.05. The minimum atomic E-state index is -3.66. The number of sulfonamides is 1. The van der Waals surface area contributed by atoms with E-state index < -0.39 is 10.0 Å². The van der Waals surface area contributed by atoms with E-state index in [1.165, 1.54) is 4.31 Å². The highest BCUT2D eigenvalue weighted by molar-refractivity contribution is 7.88. The van der Waals surface area contributed by atoms with Crippen molar-refractivity contribution in [2.24, 2.45) is 0 Å². The zero-order valence-electron chi connectivity index (χ0n) is 10.9. The van der Waals surface area contributed by atoms with E-state index in [0.29, 0.717) is 30.7 Å². The Kier molecular flexibility index (Phi) is 4.33. The van der Waals surface area contributed by atoms with E-state index in [2.05, 4.69) is 10.3 Å². The summed E-state index contributed by atoms with van der Waals surface area (Å²) in [4.78, 5) is 4.08. The molecule has 1 saturated heterocycles. The van der Waals surface area contributed by atoms with Crippen molar-refractivity contribution in [2.75, 3.05) is 19.6 Å². The quantitative estimate of drug-likeness (QED) is 0.901. The topological polar surface area (TPSA) is 75.4 Å². The average molecular weight is 318 g/mol. The van der Waals surface area contributed by atoms with Crippen molar-refractivity contribution in [3.63, 3.8) is 0 Å². The SMILES string of the molecule is CC1CNCCN1S(=O)(=O)c1nc2ccccc2o1.Cl. The number of nitrogens with one attached hydrogen (secondary N) is 1. The fraction of sp³-hybridized carbons (Fsp3) is 0.417. The van der Waals surface area contributed by atoms with Gasteiger partial charge in [-0.05, 0) is 19.1 Å². The van der Waals surface area contributed by atoms with Gasteiger partial charge in [-0.3, -0.25) is 0 Å². The molecule has 0 radical (unpaired) electrons. The van der Waals surface area contributed by atoms with Crippen LogP contribution in [-0.2, 0) is 10.0 Å². The number of hydrogen-bond acceptors (Lipinski definition) is 5. The van der Waals surface area contributed by atoms with Gasteiger partial charge < -0.3 is 9.73 Å². The molecule has 0 bridgehead atoms. The van der Waals surface area contributed by atoms with Crippen LogP contribution < -0.4 is 5.32 Å². The Morgan fingerprint density at radius 3 is 2.85 bits per heavy atom. The molecule has 3 rings (SSSR count). The Balaban J connectivity index is 0.00000147. The maximum Gasteiger partial charge on any atom is 0.332 e. The summed E-state index contributed by atoms with van der Waals surface area (Å²) in [7, 11) is -3.66. The predicted molar refractivity (Wildman–Crippen MR) is 77.5 cm³/mol. The summed E-state index contributed by atoms with van der Waals surface area (Å²) in [5, 5.41) is 2.94. The van der Waals surface area contributed by atoms with Gasteiger partial charge in [0.05, 0.1) is 0 Å². The van der Waals surface area contributed by atoms with Crippen molar-refractivity contribution < 1.29 is 12.8 Å². The second kappa shape index (κ2) is 5.69. The molecular weight excluding hydrogens is 302 g/mol. The van der Waals surface area contributed by atoms with Gasteiger partial charge in [0.2, 0.25) is 0 Å². The Morgan fingerprint density at radius 1 is 1.40 bits per heavy atom. The van der Waals surface area contributed by atoms with E-state index in [-0.39, 0.29) is 23.7 Å². The van der Waals surface area contributed by atoms with Crippen molar-refractivity contribution in [3.05, 3.63) is 24.3 Å². The van der Waals surface area contributed by atoms with E-state index in [9.17, 15) is 8.42 Å². The van der Waals surface area contributed by atoms with Crippen LogP contribution in [0.1, 0.15) is 6.92 Å². The number of piperazine rings is 1. The minimum absolute atomic E-state index is 0.